The third kappa shape index (κ3) is 6.23. The summed E-state index contributed by atoms with van der Waals surface area (Å²) in [4.78, 5) is 3.33. The van der Waals surface area contributed by atoms with E-state index in [9.17, 15) is 16.8 Å². The summed E-state index contributed by atoms with van der Waals surface area (Å²) in [7, 11) is -7.00. The maximum absolute atomic E-state index is 10.6. The Hall–Kier alpha value is -0.180. The number of nitrogens with one attached hydrogen (secondary N) is 2. The predicted molar refractivity (Wildman–Crippen MR) is 40.6 cm³/mol. The van der Waals surface area contributed by atoms with Gasteiger partial charge in [-0.15, -0.1) is 9.66 Å². The van der Waals surface area contributed by atoms with Gasteiger partial charge < -0.3 is 0 Å². The fourth-order valence-electron chi connectivity index (χ4n) is 0.211. The molecule has 0 radical (unpaired) electrons. The summed E-state index contributed by atoms with van der Waals surface area (Å²) in [5.41, 5.74) is 0. The quantitative estimate of drug-likeness (QED) is 0.536. The van der Waals surface area contributed by atoms with Gasteiger partial charge in [-0.2, -0.15) is 0 Å². The number of rotatable bonds is 4. The zero-order valence-corrected chi connectivity index (χ0v) is 7.79. The fraction of sp³-hybridized carbons (Fsp3) is 1.00. The van der Waals surface area contributed by atoms with E-state index in [0.29, 0.717) is 0 Å². The van der Waals surface area contributed by atoms with E-state index in [1.165, 1.54) is 6.92 Å². The molecule has 0 spiro atoms. The lowest BCUT2D eigenvalue weighted by Crippen LogP contribution is -2.41. The van der Waals surface area contributed by atoms with Crippen LogP contribution in [0.1, 0.15) is 6.92 Å². The largest absolute Gasteiger partial charge is 0.224 e. The van der Waals surface area contributed by atoms with E-state index in [2.05, 4.69) is 0 Å². The fourth-order valence-corrected chi connectivity index (χ4v) is 1.47. The highest BCUT2D eigenvalue weighted by atomic mass is 32.2. The second-order valence-electron chi connectivity index (χ2n) is 1.88. The molecule has 6 nitrogen and oxygen atoms in total. The summed E-state index contributed by atoms with van der Waals surface area (Å²) >= 11 is 0. The number of sulfonamides is 2. The highest BCUT2D eigenvalue weighted by Crippen LogP contribution is 1.79. The molecule has 0 aliphatic rings. The Morgan fingerprint density at radius 1 is 1.09 bits per heavy atom. The zero-order valence-electron chi connectivity index (χ0n) is 6.16. The Kier molecular flexibility index (Phi) is 3.42. The predicted octanol–water partition coefficient (Wildman–Crippen LogP) is -1.61. The van der Waals surface area contributed by atoms with Gasteiger partial charge in [0, 0.05) is 0 Å². The molecule has 2 N–H and O–H groups in total. The van der Waals surface area contributed by atoms with Crippen LogP contribution in [0.15, 0.2) is 0 Å². The molecule has 0 unspecified atom stereocenters. The average molecular weight is 202 g/mol. The van der Waals surface area contributed by atoms with Crippen LogP contribution < -0.4 is 9.66 Å². The van der Waals surface area contributed by atoms with Gasteiger partial charge in [-0.3, -0.25) is 0 Å². The second kappa shape index (κ2) is 3.48. The second-order valence-corrected chi connectivity index (χ2v) is 5.64. The average Bonchev–Trinajstić information content (AvgIpc) is 1.83. The van der Waals surface area contributed by atoms with E-state index in [0.717, 1.165) is 6.26 Å². The highest BCUT2D eigenvalue weighted by Gasteiger charge is 2.08. The molecular formula is C3H10N2O4S2. The van der Waals surface area contributed by atoms with Crippen LogP contribution in [-0.4, -0.2) is 28.8 Å². The van der Waals surface area contributed by atoms with Crippen LogP contribution in [-0.2, 0) is 20.0 Å². The van der Waals surface area contributed by atoms with E-state index < -0.39 is 20.0 Å². The molecule has 0 aliphatic heterocycles. The summed E-state index contributed by atoms with van der Waals surface area (Å²) in [6, 6.07) is 0. The van der Waals surface area contributed by atoms with Crippen molar-refractivity contribution in [3.8, 4) is 0 Å². The molecule has 0 aliphatic carbocycles. The first kappa shape index (κ1) is 10.8. The first-order chi connectivity index (χ1) is 4.77. The Labute approximate surface area is 66.1 Å². The molecule has 0 saturated carbocycles. The Morgan fingerprint density at radius 2 is 1.55 bits per heavy atom. The maximum Gasteiger partial charge on any atom is 0.224 e. The molecule has 0 amide bonds. The van der Waals surface area contributed by atoms with Gasteiger partial charge in [0.25, 0.3) is 0 Å². The molecule has 0 fully saturated rings. The lowest BCUT2D eigenvalue weighted by molar-refractivity contribution is 0.562. The Morgan fingerprint density at radius 3 is 1.82 bits per heavy atom. The van der Waals surface area contributed by atoms with Crippen molar-refractivity contribution in [2.75, 3.05) is 12.0 Å². The SMILES string of the molecule is CCS(=O)(=O)NNS(C)(=O)=O. The molecular weight excluding hydrogens is 192 g/mol. The molecule has 0 rings (SSSR count). The molecule has 0 aromatic heterocycles. The third-order valence-corrected chi connectivity index (χ3v) is 2.54. The van der Waals surface area contributed by atoms with Gasteiger partial charge in [0.05, 0.1) is 12.0 Å². The van der Waals surface area contributed by atoms with Crippen molar-refractivity contribution in [1.29, 1.82) is 0 Å². The number of hydrogen-bond donors (Lipinski definition) is 2. The van der Waals surface area contributed by atoms with Crippen LogP contribution in [0.5, 0.6) is 0 Å². The Balaban J connectivity index is 4.13. The van der Waals surface area contributed by atoms with Gasteiger partial charge in [0.15, 0.2) is 0 Å². The minimum atomic E-state index is -3.51. The van der Waals surface area contributed by atoms with Crippen LogP contribution in [0.4, 0.5) is 0 Å². The van der Waals surface area contributed by atoms with Crippen LogP contribution in [0, 0.1) is 0 Å². The molecule has 68 valence electrons. The zero-order chi connectivity index (χ0) is 9.12. The van der Waals surface area contributed by atoms with E-state index in [4.69, 9.17) is 0 Å². The van der Waals surface area contributed by atoms with Crippen molar-refractivity contribution in [1.82, 2.24) is 9.66 Å². The standard InChI is InChI=1S/C3H10N2O4S2/c1-3-11(8,9)5-4-10(2,6)7/h4-5H,3H2,1-2H3. The normalized spacial score (nSPS) is 13.3. The van der Waals surface area contributed by atoms with Crippen LogP contribution in [0.25, 0.3) is 0 Å². The van der Waals surface area contributed by atoms with Crippen molar-refractivity contribution in [3.05, 3.63) is 0 Å². The molecule has 0 bridgehead atoms. The smallest absolute Gasteiger partial charge is 0.211 e. The van der Waals surface area contributed by atoms with Gasteiger partial charge in [-0.25, -0.2) is 16.8 Å². The van der Waals surface area contributed by atoms with Crippen LogP contribution >= 0.6 is 0 Å². The van der Waals surface area contributed by atoms with Crippen molar-refractivity contribution in [2.24, 2.45) is 0 Å². The molecule has 8 heteroatoms. The Bertz CT molecular complexity index is 302. The van der Waals surface area contributed by atoms with Crippen molar-refractivity contribution < 1.29 is 16.8 Å². The third-order valence-electron chi connectivity index (χ3n) is 0.763. The molecule has 0 heterocycles. The van der Waals surface area contributed by atoms with Gasteiger partial charge >= 0.3 is 0 Å². The van der Waals surface area contributed by atoms with E-state index in [1.807, 2.05) is 0 Å². The molecule has 0 atom stereocenters. The van der Waals surface area contributed by atoms with Crippen molar-refractivity contribution in [2.45, 2.75) is 6.92 Å². The first-order valence-electron chi connectivity index (χ1n) is 2.73. The first-order valence-corrected chi connectivity index (χ1v) is 6.27. The highest BCUT2D eigenvalue weighted by molar-refractivity contribution is 7.92. The van der Waals surface area contributed by atoms with Gasteiger partial charge in [0.1, 0.15) is 0 Å². The maximum atomic E-state index is 10.6. The monoisotopic (exact) mass is 202 g/mol. The molecule has 0 saturated heterocycles. The van der Waals surface area contributed by atoms with Crippen LogP contribution in [0.3, 0.4) is 0 Å². The van der Waals surface area contributed by atoms with E-state index >= 15 is 0 Å². The summed E-state index contributed by atoms with van der Waals surface area (Å²) in [6.07, 6.45) is 0.852. The summed E-state index contributed by atoms with van der Waals surface area (Å²) < 4.78 is 41.9. The number of hydrogen-bond acceptors (Lipinski definition) is 4. The van der Waals surface area contributed by atoms with Crippen molar-refractivity contribution >= 4 is 20.0 Å². The summed E-state index contributed by atoms with van der Waals surface area (Å²) in [6.45, 7) is 1.40. The van der Waals surface area contributed by atoms with Gasteiger partial charge in [0.2, 0.25) is 20.0 Å². The van der Waals surface area contributed by atoms with Gasteiger partial charge in [-0.05, 0) is 6.92 Å². The molecule has 0 aromatic carbocycles. The summed E-state index contributed by atoms with van der Waals surface area (Å²) in [5.74, 6) is -0.171. The molecule has 11 heavy (non-hydrogen) atoms. The number of hydrazine groups is 1. The van der Waals surface area contributed by atoms with E-state index in [-0.39, 0.29) is 5.75 Å². The van der Waals surface area contributed by atoms with E-state index in [1.54, 1.807) is 9.66 Å². The lowest BCUT2D eigenvalue weighted by Gasteiger charge is -2.02. The molecule has 0 aromatic rings. The summed E-state index contributed by atoms with van der Waals surface area (Å²) in [5, 5.41) is 0. The van der Waals surface area contributed by atoms with Gasteiger partial charge in [-0.1, -0.05) is 0 Å². The minimum Gasteiger partial charge on any atom is -0.211 e. The minimum absolute atomic E-state index is 0.171. The van der Waals surface area contributed by atoms with Crippen LogP contribution in [0.2, 0.25) is 0 Å². The van der Waals surface area contributed by atoms with Crippen molar-refractivity contribution in [3.63, 3.8) is 0 Å². The lowest BCUT2D eigenvalue weighted by atomic mass is 11.0. The topological polar surface area (TPSA) is 92.3 Å².